The van der Waals surface area contributed by atoms with Gasteiger partial charge in [0.2, 0.25) is 0 Å². The maximum absolute atomic E-state index is 13.3. The summed E-state index contributed by atoms with van der Waals surface area (Å²) in [5, 5.41) is 2.65. The van der Waals surface area contributed by atoms with Gasteiger partial charge in [-0.15, -0.1) is 0 Å². The number of anilines is 1. The minimum absolute atomic E-state index is 0.224. The first-order chi connectivity index (χ1) is 9.36. The minimum atomic E-state index is -0.466. The van der Waals surface area contributed by atoms with Gasteiger partial charge in [-0.2, -0.15) is 0 Å². The summed E-state index contributed by atoms with van der Waals surface area (Å²) in [6, 6.07) is 6.89. The van der Waals surface area contributed by atoms with Gasteiger partial charge in [0, 0.05) is 11.3 Å². The topological polar surface area (TPSA) is 29.1 Å². The van der Waals surface area contributed by atoms with Gasteiger partial charge in [0.1, 0.15) is 11.6 Å². The van der Waals surface area contributed by atoms with E-state index in [0.29, 0.717) is 16.8 Å². The number of halogens is 3. The quantitative estimate of drug-likeness (QED) is 0.851. The van der Waals surface area contributed by atoms with Crippen molar-refractivity contribution in [1.82, 2.24) is 0 Å². The summed E-state index contributed by atoms with van der Waals surface area (Å²) in [5.74, 6) is -1.30. The van der Waals surface area contributed by atoms with Crippen molar-refractivity contribution in [2.75, 3.05) is 5.32 Å². The van der Waals surface area contributed by atoms with E-state index in [1.54, 1.807) is 19.9 Å². The molecule has 0 aliphatic heterocycles. The Morgan fingerprint density at radius 3 is 2.45 bits per heavy atom. The van der Waals surface area contributed by atoms with E-state index in [1.807, 2.05) is 0 Å². The molecule has 0 spiro atoms. The second-order valence-electron chi connectivity index (χ2n) is 4.55. The van der Waals surface area contributed by atoms with E-state index in [1.165, 1.54) is 18.2 Å². The molecule has 0 unspecified atom stereocenters. The summed E-state index contributed by atoms with van der Waals surface area (Å²) in [7, 11) is 0. The smallest absolute Gasteiger partial charge is 0.255 e. The molecule has 0 radical (unpaired) electrons. The lowest BCUT2D eigenvalue weighted by atomic mass is 10.1. The highest BCUT2D eigenvalue weighted by molar-refractivity contribution is 9.10. The van der Waals surface area contributed by atoms with Crippen molar-refractivity contribution in [3.63, 3.8) is 0 Å². The number of hydrogen-bond donors (Lipinski definition) is 1. The first-order valence-electron chi connectivity index (χ1n) is 5.91. The van der Waals surface area contributed by atoms with Gasteiger partial charge in [0.25, 0.3) is 5.91 Å². The van der Waals surface area contributed by atoms with Gasteiger partial charge in [-0.1, -0.05) is 0 Å². The molecule has 0 aliphatic rings. The summed E-state index contributed by atoms with van der Waals surface area (Å²) >= 11 is 3.06. The molecule has 2 aromatic rings. The molecule has 0 heterocycles. The number of benzene rings is 2. The van der Waals surface area contributed by atoms with Gasteiger partial charge in [-0.25, -0.2) is 8.78 Å². The van der Waals surface area contributed by atoms with Crippen LogP contribution in [0.15, 0.2) is 34.8 Å². The number of nitrogens with one attached hydrogen (secondary N) is 1. The Bertz CT molecular complexity index is 666. The fourth-order valence-corrected chi connectivity index (χ4v) is 2.19. The van der Waals surface area contributed by atoms with Gasteiger partial charge < -0.3 is 5.32 Å². The van der Waals surface area contributed by atoms with E-state index in [0.717, 1.165) is 6.07 Å². The van der Waals surface area contributed by atoms with E-state index in [4.69, 9.17) is 0 Å². The predicted octanol–water partition coefficient (Wildman–Crippen LogP) is 4.60. The van der Waals surface area contributed by atoms with Crippen molar-refractivity contribution in [2.24, 2.45) is 0 Å². The minimum Gasteiger partial charge on any atom is -0.322 e. The molecule has 104 valence electrons. The molecule has 2 nitrogen and oxygen atoms in total. The normalized spacial score (nSPS) is 10.4. The third kappa shape index (κ3) is 3.22. The largest absolute Gasteiger partial charge is 0.322 e. The van der Waals surface area contributed by atoms with Crippen LogP contribution in [0.4, 0.5) is 14.5 Å². The van der Waals surface area contributed by atoms with Crippen LogP contribution in [-0.2, 0) is 0 Å². The van der Waals surface area contributed by atoms with Crippen LogP contribution in [0.5, 0.6) is 0 Å². The van der Waals surface area contributed by atoms with Crippen LogP contribution in [0, 0.1) is 25.5 Å². The highest BCUT2D eigenvalue weighted by Gasteiger charge is 2.11. The number of rotatable bonds is 2. The van der Waals surface area contributed by atoms with Gasteiger partial charge >= 0.3 is 0 Å². The highest BCUT2D eigenvalue weighted by atomic mass is 79.9. The molecule has 5 heteroatoms. The van der Waals surface area contributed by atoms with Crippen LogP contribution in [0.25, 0.3) is 0 Å². The Morgan fingerprint density at radius 2 is 1.80 bits per heavy atom. The van der Waals surface area contributed by atoms with Crippen molar-refractivity contribution >= 4 is 27.5 Å². The van der Waals surface area contributed by atoms with Crippen molar-refractivity contribution in [3.05, 3.63) is 63.1 Å². The monoisotopic (exact) mass is 339 g/mol. The van der Waals surface area contributed by atoms with Crippen LogP contribution < -0.4 is 5.32 Å². The van der Waals surface area contributed by atoms with Crippen molar-refractivity contribution < 1.29 is 13.6 Å². The van der Waals surface area contributed by atoms with Crippen LogP contribution in [-0.4, -0.2) is 5.91 Å². The summed E-state index contributed by atoms with van der Waals surface area (Å²) in [5.41, 5.74) is 1.95. The zero-order valence-corrected chi connectivity index (χ0v) is 12.5. The van der Waals surface area contributed by atoms with Crippen LogP contribution in [0.3, 0.4) is 0 Å². The molecule has 0 fully saturated rings. The number of carbonyl (C=O) groups is 1. The second kappa shape index (κ2) is 5.71. The fraction of sp³-hybridized carbons (Fsp3) is 0.133. The summed E-state index contributed by atoms with van der Waals surface area (Å²) in [4.78, 5) is 12.1. The van der Waals surface area contributed by atoms with Crippen LogP contribution in [0.2, 0.25) is 0 Å². The molecule has 0 aliphatic carbocycles. The Morgan fingerprint density at radius 1 is 1.10 bits per heavy atom. The van der Waals surface area contributed by atoms with Gasteiger partial charge in [-0.3, -0.25) is 4.79 Å². The van der Waals surface area contributed by atoms with E-state index >= 15 is 0 Å². The lowest BCUT2D eigenvalue weighted by Gasteiger charge is -2.10. The second-order valence-corrected chi connectivity index (χ2v) is 5.41. The SMILES string of the molecule is Cc1cc(F)cc(C(=O)Nc2cc(Br)c(F)cc2C)c1. The number of hydrogen-bond acceptors (Lipinski definition) is 1. The van der Waals surface area contributed by atoms with Gasteiger partial charge in [0.15, 0.2) is 0 Å². The molecule has 2 aromatic carbocycles. The average Bonchev–Trinajstić information content (AvgIpc) is 2.34. The van der Waals surface area contributed by atoms with Crippen molar-refractivity contribution in [2.45, 2.75) is 13.8 Å². The summed E-state index contributed by atoms with van der Waals surface area (Å²) < 4.78 is 26.9. The average molecular weight is 340 g/mol. The first kappa shape index (κ1) is 14.7. The molecular formula is C15H12BrF2NO. The number of aryl methyl sites for hydroxylation is 2. The molecule has 0 saturated carbocycles. The highest BCUT2D eigenvalue weighted by Crippen LogP contribution is 2.24. The van der Waals surface area contributed by atoms with Crippen LogP contribution >= 0.6 is 15.9 Å². The zero-order chi connectivity index (χ0) is 14.9. The van der Waals surface area contributed by atoms with E-state index in [-0.39, 0.29) is 10.0 Å². The Balaban J connectivity index is 2.30. The molecule has 1 amide bonds. The Labute approximate surface area is 123 Å². The number of carbonyl (C=O) groups excluding carboxylic acids is 1. The molecule has 20 heavy (non-hydrogen) atoms. The van der Waals surface area contributed by atoms with E-state index in [9.17, 15) is 13.6 Å². The molecule has 0 atom stereocenters. The summed E-state index contributed by atoms with van der Waals surface area (Å²) in [6.07, 6.45) is 0. The number of amides is 1. The lowest BCUT2D eigenvalue weighted by Crippen LogP contribution is -2.13. The molecule has 0 saturated heterocycles. The molecule has 0 bridgehead atoms. The summed E-state index contributed by atoms with van der Waals surface area (Å²) in [6.45, 7) is 3.39. The molecule has 2 rings (SSSR count). The van der Waals surface area contributed by atoms with Gasteiger partial charge in [0.05, 0.1) is 4.47 Å². The molecule has 1 N–H and O–H groups in total. The Kier molecular flexibility index (Phi) is 4.18. The maximum Gasteiger partial charge on any atom is 0.255 e. The van der Waals surface area contributed by atoms with Crippen molar-refractivity contribution in [1.29, 1.82) is 0 Å². The molecular weight excluding hydrogens is 328 g/mol. The first-order valence-corrected chi connectivity index (χ1v) is 6.70. The zero-order valence-electron chi connectivity index (χ0n) is 10.9. The fourth-order valence-electron chi connectivity index (χ4n) is 1.84. The standard InChI is InChI=1S/C15H12BrF2NO/c1-8-3-10(6-11(17)4-8)15(20)19-14-7-12(16)13(18)5-9(14)2/h3-7H,1-2H3,(H,19,20). The van der Waals surface area contributed by atoms with E-state index in [2.05, 4.69) is 21.2 Å². The van der Waals surface area contributed by atoms with Gasteiger partial charge in [-0.05, 0) is 71.2 Å². The Hall–Kier alpha value is -1.75. The third-order valence-electron chi connectivity index (χ3n) is 2.82. The third-order valence-corrected chi connectivity index (χ3v) is 3.43. The predicted molar refractivity (Wildman–Crippen MR) is 77.9 cm³/mol. The maximum atomic E-state index is 13.3. The van der Waals surface area contributed by atoms with E-state index < -0.39 is 17.5 Å². The molecule has 0 aromatic heterocycles. The van der Waals surface area contributed by atoms with Crippen LogP contribution in [0.1, 0.15) is 21.5 Å². The lowest BCUT2D eigenvalue weighted by molar-refractivity contribution is 0.102. The van der Waals surface area contributed by atoms with Crippen molar-refractivity contribution in [3.8, 4) is 0 Å².